The fourth-order valence-corrected chi connectivity index (χ4v) is 2.79. The van der Waals surface area contributed by atoms with Crippen LogP contribution < -0.4 is 5.73 Å². The number of ether oxygens (including phenoxy) is 1. The molecule has 15 heavy (non-hydrogen) atoms. The van der Waals surface area contributed by atoms with Crippen LogP contribution in [0.15, 0.2) is 22.7 Å². The van der Waals surface area contributed by atoms with Crippen LogP contribution in [0.2, 0.25) is 0 Å². The van der Waals surface area contributed by atoms with Gasteiger partial charge in [0.05, 0.1) is 0 Å². The Kier molecular flexibility index (Phi) is 3.14. The van der Waals surface area contributed by atoms with Gasteiger partial charge in [-0.05, 0) is 43.0 Å². The minimum atomic E-state index is -0.231. The van der Waals surface area contributed by atoms with Crippen molar-refractivity contribution in [2.75, 3.05) is 13.2 Å². The van der Waals surface area contributed by atoms with E-state index in [9.17, 15) is 0 Å². The van der Waals surface area contributed by atoms with Gasteiger partial charge in [-0.15, -0.1) is 0 Å². The molecule has 1 aromatic carbocycles. The zero-order valence-corrected chi connectivity index (χ0v) is 10.5. The molecule has 1 unspecified atom stereocenters. The van der Waals surface area contributed by atoms with Crippen LogP contribution in [-0.4, -0.2) is 13.2 Å². The van der Waals surface area contributed by atoms with Gasteiger partial charge in [0.1, 0.15) is 5.60 Å². The Morgan fingerprint density at radius 2 is 2.33 bits per heavy atom. The maximum atomic E-state index is 5.87. The van der Waals surface area contributed by atoms with E-state index in [-0.39, 0.29) is 5.60 Å². The molecular weight excluding hydrogens is 254 g/mol. The minimum absolute atomic E-state index is 0.231. The lowest BCUT2D eigenvalue weighted by atomic mass is 9.96. The van der Waals surface area contributed by atoms with Crippen LogP contribution in [-0.2, 0) is 16.8 Å². The lowest BCUT2D eigenvalue weighted by Gasteiger charge is -2.28. The topological polar surface area (TPSA) is 35.2 Å². The van der Waals surface area contributed by atoms with E-state index in [1.54, 1.807) is 0 Å². The molecule has 0 saturated carbocycles. The summed E-state index contributed by atoms with van der Waals surface area (Å²) >= 11 is 3.49. The normalized spacial score (nSPS) is 24.2. The van der Waals surface area contributed by atoms with Crippen molar-refractivity contribution in [1.82, 2.24) is 0 Å². The number of nitrogens with two attached hydrogens (primary N) is 1. The van der Waals surface area contributed by atoms with E-state index < -0.39 is 0 Å². The van der Waals surface area contributed by atoms with Crippen LogP contribution in [0.5, 0.6) is 0 Å². The van der Waals surface area contributed by atoms with E-state index in [0.717, 1.165) is 17.3 Å². The molecule has 82 valence electrons. The first-order valence-electron chi connectivity index (χ1n) is 5.35. The maximum Gasteiger partial charge on any atom is 0.106 e. The average Bonchev–Trinajstić information content (AvgIpc) is 2.58. The highest BCUT2D eigenvalue weighted by atomic mass is 79.9. The van der Waals surface area contributed by atoms with E-state index in [1.807, 2.05) is 6.92 Å². The summed E-state index contributed by atoms with van der Waals surface area (Å²) in [5.41, 5.74) is 8.28. The van der Waals surface area contributed by atoms with Crippen LogP contribution in [0.1, 0.15) is 24.5 Å². The third-order valence-corrected chi connectivity index (χ3v) is 3.60. The number of hydrogen-bond acceptors (Lipinski definition) is 2. The summed E-state index contributed by atoms with van der Waals surface area (Å²) in [5, 5.41) is 0. The molecule has 0 heterocycles. The second-order valence-electron chi connectivity index (χ2n) is 3.93. The van der Waals surface area contributed by atoms with Crippen LogP contribution in [0.25, 0.3) is 0 Å². The SMILES string of the molecule is CCOC1(CN)CCc2cc(Br)ccc21. The van der Waals surface area contributed by atoms with Crippen molar-refractivity contribution in [3.63, 3.8) is 0 Å². The summed E-state index contributed by atoms with van der Waals surface area (Å²) < 4.78 is 7.00. The van der Waals surface area contributed by atoms with Crippen molar-refractivity contribution in [1.29, 1.82) is 0 Å². The number of rotatable bonds is 3. The maximum absolute atomic E-state index is 5.87. The first-order valence-corrected chi connectivity index (χ1v) is 6.14. The van der Waals surface area contributed by atoms with Crippen molar-refractivity contribution in [2.45, 2.75) is 25.4 Å². The molecular formula is C12H16BrNO. The highest BCUT2D eigenvalue weighted by molar-refractivity contribution is 9.10. The van der Waals surface area contributed by atoms with Gasteiger partial charge >= 0.3 is 0 Å². The Morgan fingerprint density at radius 1 is 1.53 bits per heavy atom. The van der Waals surface area contributed by atoms with Gasteiger partial charge < -0.3 is 10.5 Å². The average molecular weight is 270 g/mol. The summed E-state index contributed by atoms with van der Waals surface area (Å²) in [7, 11) is 0. The third-order valence-electron chi connectivity index (χ3n) is 3.11. The van der Waals surface area contributed by atoms with Crippen LogP contribution in [0.3, 0.4) is 0 Å². The first-order chi connectivity index (χ1) is 7.22. The van der Waals surface area contributed by atoms with Gasteiger partial charge in [0.15, 0.2) is 0 Å². The van der Waals surface area contributed by atoms with E-state index in [0.29, 0.717) is 13.2 Å². The number of aryl methyl sites for hydroxylation is 1. The minimum Gasteiger partial charge on any atom is -0.369 e. The molecule has 0 fully saturated rings. The fourth-order valence-electron chi connectivity index (χ4n) is 2.38. The van der Waals surface area contributed by atoms with Gasteiger partial charge in [-0.2, -0.15) is 0 Å². The second kappa shape index (κ2) is 4.24. The number of fused-ring (bicyclic) bond motifs is 1. The fraction of sp³-hybridized carbons (Fsp3) is 0.500. The van der Waals surface area contributed by atoms with Gasteiger partial charge in [0, 0.05) is 17.6 Å². The highest BCUT2D eigenvalue weighted by Gasteiger charge is 2.38. The van der Waals surface area contributed by atoms with E-state index in [4.69, 9.17) is 10.5 Å². The lowest BCUT2D eigenvalue weighted by molar-refractivity contribution is -0.0355. The molecule has 0 bridgehead atoms. The number of hydrogen-bond donors (Lipinski definition) is 1. The molecule has 0 spiro atoms. The van der Waals surface area contributed by atoms with Gasteiger partial charge in [-0.1, -0.05) is 22.0 Å². The molecule has 3 heteroatoms. The molecule has 2 nitrogen and oxygen atoms in total. The first kappa shape index (κ1) is 11.1. The Labute approximate surface area is 98.9 Å². The summed E-state index contributed by atoms with van der Waals surface area (Å²) in [6.07, 6.45) is 2.06. The Bertz CT molecular complexity index is 367. The molecule has 0 amide bonds. The van der Waals surface area contributed by atoms with E-state index in [1.165, 1.54) is 11.1 Å². The molecule has 2 rings (SSSR count). The molecule has 2 N–H and O–H groups in total. The van der Waals surface area contributed by atoms with Crippen molar-refractivity contribution in [3.8, 4) is 0 Å². The third kappa shape index (κ3) is 1.84. The molecule has 0 radical (unpaired) electrons. The largest absolute Gasteiger partial charge is 0.369 e. The predicted octanol–water partition coefficient (Wildman–Crippen LogP) is 2.59. The Morgan fingerprint density at radius 3 is 3.00 bits per heavy atom. The van der Waals surface area contributed by atoms with Crippen molar-refractivity contribution in [3.05, 3.63) is 33.8 Å². The van der Waals surface area contributed by atoms with Crippen LogP contribution >= 0.6 is 15.9 Å². The molecule has 1 aliphatic rings. The van der Waals surface area contributed by atoms with Crippen LogP contribution in [0.4, 0.5) is 0 Å². The summed E-state index contributed by atoms with van der Waals surface area (Å²) in [6, 6.07) is 6.37. The molecule has 1 aromatic rings. The summed E-state index contributed by atoms with van der Waals surface area (Å²) in [4.78, 5) is 0. The van der Waals surface area contributed by atoms with Gasteiger partial charge in [-0.3, -0.25) is 0 Å². The zero-order valence-electron chi connectivity index (χ0n) is 8.92. The van der Waals surface area contributed by atoms with Crippen molar-refractivity contribution < 1.29 is 4.74 Å². The van der Waals surface area contributed by atoms with E-state index >= 15 is 0 Å². The van der Waals surface area contributed by atoms with E-state index in [2.05, 4.69) is 34.1 Å². The molecule has 1 atom stereocenters. The molecule has 0 saturated heterocycles. The molecule has 0 aromatic heterocycles. The lowest BCUT2D eigenvalue weighted by Crippen LogP contribution is -2.35. The molecule has 0 aliphatic heterocycles. The smallest absolute Gasteiger partial charge is 0.106 e. The van der Waals surface area contributed by atoms with Crippen molar-refractivity contribution >= 4 is 15.9 Å². The van der Waals surface area contributed by atoms with Crippen LogP contribution in [0, 0.1) is 0 Å². The quantitative estimate of drug-likeness (QED) is 0.916. The number of halogens is 1. The van der Waals surface area contributed by atoms with Gasteiger partial charge in [-0.25, -0.2) is 0 Å². The highest BCUT2D eigenvalue weighted by Crippen LogP contribution is 2.40. The van der Waals surface area contributed by atoms with Gasteiger partial charge in [0.2, 0.25) is 0 Å². The second-order valence-corrected chi connectivity index (χ2v) is 4.85. The monoisotopic (exact) mass is 269 g/mol. The standard InChI is InChI=1S/C12H16BrNO/c1-2-15-12(8-14)6-5-9-7-10(13)3-4-11(9)12/h3-4,7H,2,5-6,8,14H2,1H3. The predicted molar refractivity (Wildman–Crippen MR) is 64.8 cm³/mol. The summed E-state index contributed by atoms with van der Waals surface area (Å²) in [5.74, 6) is 0. The Hall–Kier alpha value is -0.380. The number of benzene rings is 1. The van der Waals surface area contributed by atoms with Crippen molar-refractivity contribution in [2.24, 2.45) is 5.73 Å². The zero-order chi connectivity index (χ0) is 10.9. The summed E-state index contributed by atoms with van der Waals surface area (Å²) in [6.45, 7) is 3.30. The van der Waals surface area contributed by atoms with Gasteiger partial charge in [0.25, 0.3) is 0 Å². The molecule has 1 aliphatic carbocycles. The Balaban J connectivity index is 2.41.